The van der Waals surface area contributed by atoms with Crippen molar-refractivity contribution in [3.05, 3.63) is 59.2 Å². The molecule has 0 spiro atoms. The molecular formula is C18H18O2. The number of benzene rings is 2. The lowest BCUT2D eigenvalue weighted by molar-refractivity contribution is 0.244. The lowest BCUT2D eigenvalue weighted by atomic mass is 9.88. The summed E-state index contributed by atoms with van der Waals surface area (Å²) >= 11 is 0. The van der Waals surface area contributed by atoms with Crippen molar-refractivity contribution in [3.8, 4) is 11.5 Å². The van der Waals surface area contributed by atoms with E-state index in [4.69, 9.17) is 9.47 Å². The van der Waals surface area contributed by atoms with E-state index in [2.05, 4.69) is 42.5 Å². The molecule has 2 nitrogen and oxygen atoms in total. The van der Waals surface area contributed by atoms with Crippen LogP contribution in [-0.2, 0) is 12.8 Å². The van der Waals surface area contributed by atoms with Crippen LogP contribution in [0.5, 0.6) is 11.5 Å². The highest BCUT2D eigenvalue weighted by Gasteiger charge is 2.26. The molecule has 2 aromatic rings. The minimum Gasteiger partial charge on any atom is -0.493 e. The van der Waals surface area contributed by atoms with Gasteiger partial charge in [0, 0.05) is 11.5 Å². The molecule has 4 rings (SSSR count). The molecule has 0 fully saturated rings. The summed E-state index contributed by atoms with van der Waals surface area (Å²) in [5.41, 5.74) is 3.97. The van der Waals surface area contributed by atoms with Gasteiger partial charge in [0.25, 0.3) is 0 Å². The van der Waals surface area contributed by atoms with E-state index in [1.807, 2.05) is 0 Å². The Bertz CT molecular complexity index is 619. The Hall–Kier alpha value is -1.96. The zero-order valence-electron chi connectivity index (χ0n) is 11.5. The molecule has 0 saturated carbocycles. The molecule has 0 saturated heterocycles. The number of fused-ring (bicyclic) bond motifs is 3. The van der Waals surface area contributed by atoms with Gasteiger partial charge in [-0.25, -0.2) is 0 Å². The minimum absolute atomic E-state index is 0.464. The molecule has 2 heterocycles. The van der Waals surface area contributed by atoms with Crippen LogP contribution < -0.4 is 9.47 Å². The molecule has 2 heteroatoms. The third kappa shape index (κ3) is 1.96. The van der Waals surface area contributed by atoms with Crippen molar-refractivity contribution in [2.24, 2.45) is 0 Å². The van der Waals surface area contributed by atoms with Gasteiger partial charge in [0.15, 0.2) is 0 Å². The van der Waals surface area contributed by atoms with Gasteiger partial charge in [-0.2, -0.15) is 0 Å². The lowest BCUT2D eigenvalue weighted by Crippen LogP contribution is -2.21. The Labute approximate surface area is 119 Å². The van der Waals surface area contributed by atoms with Crippen LogP contribution in [0.15, 0.2) is 42.5 Å². The largest absolute Gasteiger partial charge is 0.493 e. The number of rotatable bonds is 1. The Morgan fingerprint density at radius 2 is 1.85 bits per heavy atom. The normalized spacial score (nSPS) is 20.3. The maximum Gasteiger partial charge on any atom is 0.129 e. The van der Waals surface area contributed by atoms with Crippen LogP contribution in [0.1, 0.15) is 29.0 Å². The SMILES string of the molecule is c1ccc(C2COc3c(ccc4c3CCCO4)C2)cc1. The topological polar surface area (TPSA) is 18.5 Å². The highest BCUT2D eigenvalue weighted by molar-refractivity contribution is 5.52. The van der Waals surface area contributed by atoms with E-state index in [0.29, 0.717) is 5.92 Å². The summed E-state index contributed by atoms with van der Waals surface area (Å²) in [6.45, 7) is 1.60. The van der Waals surface area contributed by atoms with Crippen molar-refractivity contribution < 1.29 is 9.47 Å². The van der Waals surface area contributed by atoms with E-state index in [0.717, 1.165) is 44.0 Å². The van der Waals surface area contributed by atoms with E-state index in [9.17, 15) is 0 Å². The van der Waals surface area contributed by atoms with Crippen LogP contribution >= 0.6 is 0 Å². The minimum atomic E-state index is 0.464. The molecule has 2 aliphatic rings. The summed E-state index contributed by atoms with van der Waals surface area (Å²) in [6.07, 6.45) is 3.23. The van der Waals surface area contributed by atoms with Gasteiger partial charge in [0.1, 0.15) is 11.5 Å². The molecule has 0 radical (unpaired) electrons. The molecule has 1 unspecified atom stereocenters. The summed E-state index contributed by atoms with van der Waals surface area (Å²) < 4.78 is 11.8. The van der Waals surface area contributed by atoms with Crippen LogP contribution in [-0.4, -0.2) is 13.2 Å². The Balaban J connectivity index is 1.67. The Morgan fingerprint density at radius 3 is 2.75 bits per heavy atom. The molecule has 0 amide bonds. The van der Waals surface area contributed by atoms with Crippen LogP contribution in [0, 0.1) is 0 Å². The second-order valence-corrected chi connectivity index (χ2v) is 5.61. The predicted molar refractivity (Wildman–Crippen MR) is 78.6 cm³/mol. The fourth-order valence-electron chi connectivity index (χ4n) is 3.25. The molecule has 2 aromatic carbocycles. The third-order valence-electron chi connectivity index (χ3n) is 4.29. The molecule has 1 atom stereocenters. The first-order valence-electron chi connectivity index (χ1n) is 7.37. The van der Waals surface area contributed by atoms with Gasteiger partial charge in [0.05, 0.1) is 13.2 Å². The van der Waals surface area contributed by atoms with Crippen molar-refractivity contribution in [2.75, 3.05) is 13.2 Å². The summed E-state index contributed by atoms with van der Waals surface area (Å²) in [5, 5.41) is 0. The van der Waals surface area contributed by atoms with Gasteiger partial charge in [-0.05, 0) is 36.5 Å². The zero-order valence-corrected chi connectivity index (χ0v) is 11.5. The first-order chi connectivity index (χ1) is 9.92. The first kappa shape index (κ1) is 11.8. The van der Waals surface area contributed by atoms with Gasteiger partial charge in [-0.1, -0.05) is 36.4 Å². The van der Waals surface area contributed by atoms with Crippen LogP contribution in [0.3, 0.4) is 0 Å². The van der Waals surface area contributed by atoms with E-state index in [-0.39, 0.29) is 0 Å². The molecule has 102 valence electrons. The quantitative estimate of drug-likeness (QED) is 0.783. The average molecular weight is 266 g/mol. The molecular weight excluding hydrogens is 248 g/mol. The molecule has 0 aliphatic carbocycles. The summed E-state index contributed by atoms with van der Waals surface area (Å²) in [5.74, 6) is 2.58. The first-order valence-corrected chi connectivity index (χ1v) is 7.37. The van der Waals surface area contributed by atoms with Crippen molar-refractivity contribution in [1.82, 2.24) is 0 Å². The highest BCUT2D eigenvalue weighted by atomic mass is 16.5. The zero-order chi connectivity index (χ0) is 13.4. The lowest BCUT2D eigenvalue weighted by Gasteiger charge is -2.29. The summed E-state index contributed by atoms with van der Waals surface area (Å²) in [7, 11) is 0. The molecule has 0 bridgehead atoms. The highest BCUT2D eigenvalue weighted by Crippen LogP contribution is 2.41. The monoisotopic (exact) mass is 266 g/mol. The van der Waals surface area contributed by atoms with E-state index in [1.54, 1.807) is 0 Å². The Kier molecular flexibility index (Phi) is 2.87. The van der Waals surface area contributed by atoms with E-state index < -0.39 is 0 Å². The van der Waals surface area contributed by atoms with Crippen molar-refractivity contribution in [2.45, 2.75) is 25.2 Å². The summed E-state index contributed by atoms with van der Waals surface area (Å²) in [4.78, 5) is 0. The van der Waals surface area contributed by atoms with Crippen LogP contribution in [0.2, 0.25) is 0 Å². The molecule has 0 aromatic heterocycles. The Morgan fingerprint density at radius 1 is 0.950 bits per heavy atom. The van der Waals surface area contributed by atoms with Crippen molar-refractivity contribution >= 4 is 0 Å². The maximum atomic E-state index is 6.11. The number of hydrogen-bond donors (Lipinski definition) is 0. The van der Waals surface area contributed by atoms with Crippen molar-refractivity contribution in [3.63, 3.8) is 0 Å². The average Bonchev–Trinajstić information content (AvgIpc) is 2.55. The van der Waals surface area contributed by atoms with Gasteiger partial charge in [-0.3, -0.25) is 0 Å². The van der Waals surface area contributed by atoms with Crippen LogP contribution in [0.4, 0.5) is 0 Å². The molecule has 20 heavy (non-hydrogen) atoms. The second kappa shape index (κ2) is 4.86. The predicted octanol–water partition coefficient (Wildman–Crippen LogP) is 3.73. The number of ether oxygens (including phenoxy) is 2. The van der Waals surface area contributed by atoms with E-state index >= 15 is 0 Å². The van der Waals surface area contributed by atoms with Gasteiger partial charge >= 0.3 is 0 Å². The van der Waals surface area contributed by atoms with Gasteiger partial charge < -0.3 is 9.47 Å². The fourth-order valence-corrected chi connectivity index (χ4v) is 3.25. The fraction of sp³-hybridized carbons (Fsp3) is 0.333. The summed E-state index contributed by atoms with van der Waals surface area (Å²) in [6, 6.07) is 15.0. The van der Waals surface area contributed by atoms with Crippen molar-refractivity contribution in [1.29, 1.82) is 0 Å². The number of hydrogen-bond acceptors (Lipinski definition) is 2. The third-order valence-corrected chi connectivity index (χ3v) is 4.29. The van der Waals surface area contributed by atoms with Gasteiger partial charge in [0.2, 0.25) is 0 Å². The van der Waals surface area contributed by atoms with E-state index in [1.165, 1.54) is 16.7 Å². The van der Waals surface area contributed by atoms with Gasteiger partial charge in [-0.15, -0.1) is 0 Å². The van der Waals surface area contributed by atoms with Crippen LogP contribution in [0.25, 0.3) is 0 Å². The standard InChI is InChI=1S/C18H18O2/c1-2-5-13(6-3-1)15-11-14-8-9-17-16(7-4-10-19-17)18(14)20-12-15/h1-3,5-6,8-9,15H,4,7,10-12H2. The molecule has 0 N–H and O–H groups in total. The smallest absolute Gasteiger partial charge is 0.129 e. The molecule has 2 aliphatic heterocycles. The second-order valence-electron chi connectivity index (χ2n) is 5.61. The maximum absolute atomic E-state index is 6.11.